The van der Waals surface area contributed by atoms with Gasteiger partial charge in [0.05, 0.1) is 0 Å². The summed E-state index contributed by atoms with van der Waals surface area (Å²) in [5.41, 5.74) is 9.79. The van der Waals surface area contributed by atoms with Gasteiger partial charge in [0.15, 0.2) is 0 Å². The number of fused-ring (bicyclic) bond motifs is 2. The van der Waals surface area contributed by atoms with Crippen LogP contribution in [-0.4, -0.2) is 39.5 Å². The van der Waals surface area contributed by atoms with Gasteiger partial charge < -0.3 is 15.2 Å². The Balaban J connectivity index is 1.33. The van der Waals surface area contributed by atoms with Crippen molar-refractivity contribution < 1.29 is 4.79 Å². The molecule has 5 rings (SSSR count). The molecule has 1 aromatic heterocycles. The molecule has 3 aliphatic rings. The fourth-order valence-electron chi connectivity index (χ4n) is 4.91. The van der Waals surface area contributed by atoms with Gasteiger partial charge in [0, 0.05) is 38.3 Å². The zero-order valence-electron chi connectivity index (χ0n) is 14.4. The second-order valence-corrected chi connectivity index (χ2v) is 8.09. The third-order valence-corrected chi connectivity index (χ3v) is 6.22. The van der Waals surface area contributed by atoms with E-state index in [1.54, 1.807) is 0 Å². The first-order valence-corrected chi connectivity index (χ1v) is 9.30. The molecule has 1 atom stereocenters. The number of nitrogens with zero attached hydrogens (tertiary/aromatic N) is 3. The molecular weight excluding hydrogens is 312 g/mol. The molecular formula is C20H24N4O. The van der Waals surface area contributed by atoms with Crippen LogP contribution in [0.2, 0.25) is 0 Å². The standard InChI is InChI=1S/C20H24N4O/c21-16-5-6-18-22-17(12-24(18)11-16)19(25)23-8-7-20(13-23)9-14-3-1-2-4-15(14)10-20/h1-4,12,16H,5-11,13,21H2. The number of carbonyl (C=O) groups is 1. The van der Waals surface area contributed by atoms with Crippen LogP contribution in [0.15, 0.2) is 30.5 Å². The first-order valence-electron chi connectivity index (χ1n) is 9.30. The van der Waals surface area contributed by atoms with Crippen LogP contribution < -0.4 is 5.73 Å². The first kappa shape index (κ1) is 15.1. The minimum Gasteiger partial charge on any atom is -0.337 e. The summed E-state index contributed by atoms with van der Waals surface area (Å²) in [5, 5.41) is 0. The van der Waals surface area contributed by atoms with Crippen LogP contribution >= 0.6 is 0 Å². The van der Waals surface area contributed by atoms with Crippen molar-refractivity contribution in [1.29, 1.82) is 0 Å². The summed E-state index contributed by atoms with van der Waals surface area (Å²) in [6, 6.07) is 8.89. The summed E-state index contributed by atoms with van der Waals surface area (Å²) < 4.78 is 2.07. The van der Waals surface area contributed by atoms with Gasteiger partial charge in [-0.05, 0) is 42.2 Å². The highest BCUT2D eigenvalue weighted by atomic mass is 16.2. The molecule has 1 spiro atoms. The second kappa shape index (κ2) is 5.43. The van der Waals surface area contributed by atoms with E-state index < -0.39 is 0 Å². The van der Waals surface area contributed by atoms with E-state index in [4.69, 9.17) is 5.73 Å². The molecule has 2 aliphatic heterocycles. The number of benzene rings is 1. The van der Waals surface area contributed by atoms with Crippen molar-refractivity contribution in [2.75, 3.05) is 13.1 Å². The number of carbonyl (C=O) groups excluding carboxylic acids is 1. The Labute approximate surface area is 147 Å². The summed E-state index contributed by atoms with van der Waals surface area (Å²) in [7, 11) is 0. The number of nitrogens with two attached hydrogens (primary N) is 1. The molecule has 1 amide bonds. The van der Waals surface area contributed by atoms with Crippen LogP contribution in [0.4, 0.5) is 0 Å². The van der Waals surface area contributed by atoms with E-state index in [0.717, 1.165) is 57.6 Å². The Kier molecular flexibility index (Phi) is 3.29. The molecule has 130 valence electrons. The van der Waals surface area contributed by atoms with Crippen LogP contribution in [0.3, 0.4) is 0 Å². The maximum absolute atomic E-state index is 13.0. The van der Waals surface area contributed by atoms with Crippen LogP contribution in [0.25, 0.3) is 0 Å². The molecule has 5 nitrogen and oxygen atoms in total. The lowest BCUT2D eigenvalue weighted by atomic mass is 9.84. The predicted molar refractivity (Wildman–Crippen MR) is 95.3 cm³/mol. The van der Waals surface area contributed by atoms with Crippen molar-refractivity contribution in [1.82, 2.24) is 14.5 Å². The molecule has 25 heavy (non-hydrogen) atoms. The molecule has 5 heteroatoms. The van der Waals surface area contributed by atoms with Gasteiger partial charge in [0.1, 0.15) is 11.5 Å². The molecule has 1 aliphatic carbocycles. The second-order valence-electron chi connectivity index (χ2n) is 8.09. The average Bonchev–Trinajstić information content (AvgIpc) is 3.30. The van der Waals surface area contributed by atoms with Crippen LogP contribution in [-0.2, 0) is 25.8 Å². The minimum absolute atomic E-state index is 0.0864. The highest BCUT2D eigenvalue weighted by Gasteiger charge is 2.44. The number of amides is 1. The SMILES string of the molecule is NC1CCc2nc(C(=O)N3CCC4(Cc5ccccc5C4)C3)cn2C1. The van der Waals surface area contributed by atoms with Gasteiger partial charge in [-0.15, -0.1) is 0 Å². The summed E-state index contributed by atoms with van der Waals surface area (Å²) in [6.07, 6.45) is 7.02. The topological polar surface area (TPSA) is 64.2 Å². The smallest absolute Gasteiger partial charge is 0.274 e. The van der Waals surface area contributed by atoms with E-state index in [1.165, 1.54) is 11.1 Å². The Morgan fingerprint density at radius 1 is 1.24 bits per heavy atom. The molecule has 1 unspecified atom stereocenters. The highest BCUT2D eigenvalue weighted by molar-refractivity contribution is 5.92. The molecule has 2 aromatic rings. The molecule has 1 saturated heterocycles. The van der Waals surface area contributed by atoms with Crippen molar-refractivity contribution in [3.63, 3.8) is 0 Å². The van der Waals surface area contributed by atoms with Crippen molar-refractivity contribution >= 4 is 5.91 Å². The summed E-state index contributed by atoms with van der Waals surface area (Å²) >= 11 is 0. The lowest BCUT2D eigenvalue weighted by molar-refractivity contribution is 0.0768. The van der Waals surface area contributed by atoms with Gasteiger partial charge in [-0.3, -0.25) is 4.79 Å². The van der Waals surface area contributed by atoms with Crippen LogP contribution in [0, 0.1) is 5.41 Å². The number of hydrogen-bond donors (Lipinski definition) is 1. The maximum Gasteiger partial charge on any atom is 0.274 e. The Morgan fingerprint density at radius 2 is 2.00 bits per heavy atom. The van der Waals surface area contributed by atoms with Crippen molar-refractivity contribution in [2.24, 2.45) is 11.1 Å². The van der Waals surface area contributed by atoms with E-state index in [2.05, 4.69) is 33.8 Å². The van der Waals surface area contributed by atoms with E-state index >= 15 is 0 Å². The monoisotopic (exact) mass is 336 g/mol. The van der Waals surface area contributed by atoms with Crippen LogP contribution in [0.5, 0.6) is 0 Å². The average molecular weight is 336 g/mol. The predicted octanol–water partition coefficient (Wildman–Crippen LogP) is 1.79. The highest BCUT2D eigenvalue weighted by Crippen LogP contribution is 2.44. The number of rotatable bonds is 1. The Bertz CT molecular complexity index is 815. The number of imidazole rings is 1. The zero-order valence-corrected chi connectivity index (χ0v) is 14.4. The third-order valence-electron chi connectivity index (χ3n) is 6.22. The molecule has 1 aromatic carbocycles. The number of aryl methyl sites for hydroxylation is 1. The number of aromatic nitrogens is 2. The molecule has 3 heterocycles. The summed E-state index contributed by atoms with van der Waals surface area (Å²) in [5.74, 6) is 1.09. The molecule has 0 bridgehead atoms. The van der Waals surface area contributed by atoms with Gasteiger partial charge in [0.2, 0.25) is 0 Å². The lowest BCUT2D eigenvalue weighted by Crippen LogP contribution is -2.32. The molecule has 0 saturated carbocycles. The van der Waals surface area contributed by atoms with Gasteiger partial charge in [-0.2, -0.15) is 0 Å². The van der Waals surface area contributed by atoms with E-state index in [1.807, 2.05) is 11.1 Å². The molecule has 2 N–H and O–H groups in total. The fraction of sp³-hybridized carbons (Fsp3) is 0.500. The van der Waals surface area contributed by atoms with E-state index in [0.29, 0.717) is 5.69 Å². The van der Waals surface area contributed by atoms with Gasteiger partial charge >= 0.3 is 0 Å². The fourth-order valence-corrected chi connectivity index (χ4v) is 4.91. The van der Waals surface area contributed by atoms with Gasteiger partial charge in [0.25, 0.3) is 5.91 Å². The number of likely N-dealkylation sites (tertiary alicyclic amines) is 1. The molecule has 0 radical (unpaired) electrons. The van der Waals surface area contributed by atoms with Crippen molar-refractivity contribution in [2.45, 2.75) is 44.7 Å². The largest absolute Gasteiger partial charge is 0.337 e. The van der Waals surface area contributed by atoms with E-state index in [-0.39, 0.29) is 17.4 Å². The number of hydrogen-bond acceptors (Lipinski definition) is 3. The van der Waals surface area contributed by atoms with Gasteiger partial charge in [-0.1, -0.05) is 24.3 Å². The quantitative estimate of drug-likeness (QED) is 0.863. The summed E-state index contributed by atoms with van der Waals surface area (Å²) in [4.78, 5) is 19.6. The summed E-state index contributed by atoms with van der Waals surface area (Å²) in [6.45, 7) is 2.46. The normalized spacial score (nSPS) is 23.7. The van der Waals surface area contributed by atoms with Crippen molar-refractivity contribution in [3.05, 3.63) is 53.1 Å². The van der Waals surface area contributed by atoms with E-state index in [9.17, 15) is 4.79 Å². The van der Waals surface area contributed by atoms with Crippen molar-refractivity contribution in [3.8, 4) is 0 Å². The first-order chi connectivity index (χ1) is 12.1. The third kappa shape index (κ3) is 2.49. The Hall–Kier alpha value is -2.14. The Morgan fingerprint density at radius 3 is 2.76 bits per heavy atom. The maximum atomic E-state index is 13.0. The van der Waals surface area contributed by atoms with Crippen LogP contribution in [0.1, 0.15) is 40.3 Å². The zero-order chi connectivity index (χ0) is 17.0. The van der Waals surface area contributed by atoms with Gasteiger partial charge in [-0.25, -0.2) is 4.98 Å². The lowest BCUT2D eigenvalue weighted by Gasteiger charge is -2.23. The minimum atomic E-state index is 0.0864. The molecule has 1 fully saturated rings.